The smallest absolute Gasteiger partial charge is 0.311 e. The molecule has 0 saturated heterocycles. The standard InChI is InChI=1S/C23H29FO4/c1-2-27-23(26)20(16-25)7-5-3-4-6-18-10-14-22(15-11-18)28-17-19-8-12-21(24)13-9-19/h8-15,20,25H,2-7,16-17H2,1H3. The van der Waals surface area contributed by atoms with Crippen molar-refractivity contribution in [2.24, 2.45) is 5.92 Å². The second kappa shape index (κ2) is 12.1. The molecule has 5 heteroatoms. The summed E-state index contributed by atoms with van der Waals surface area (Å²) in [4.78, 5) is 11.6. The Kier molecular flexibility index (Phi) is 9.49. The molecule has 0 fully saturated rings. The van der Waals surface area contributed by atoms with E-state index in [0.29, 0.717) is 19.6 Å². The summed E-state index contributed by atoms with van der Waals surface area (Å²) in [5, 5.41) is 9.28. The third-order valence-electron chi connectivity index (χ3n) is 4.60. The Morgan fingerprint density at radius 3 is 2.32 bits per heavy atom. The van der Waals surface area contributed by atoms with Crippen LogP contribution in [0.25, 0.3) is 0 Å². The van der Waals surface area contributed by atoms with Crippen molar-refractivity contribution in [3.8, 4) is 5.75 Å². The molecule has 1 atom stereocenters. The van der Waals surface area contributed by atoms with Gasteiger partial charge in [0, 0.05) is 0 Å². The zero-order chi connectivity index (χ0) is 20.2. The summed E-state index contributed by atoms with van der Waals surface area (Å²) in [7, 11) is 0. The maximum Gasteiger partial charge on any atom is 0.311 e. The maximum atomic E-state index is 12.9. The average Bonchev–Trinajstić information content (AvgIpc) is 2.71. The highest BCUT2D eigenvalue weighted by molar-refractivity contribution is 5.72. The zero-order valence-corrected chi connectivity index (χ0v) is 16.4. The quantitative estimate of drug-likeness (QED) is 0.424. The first-order valence-electron chi connectivity index (χ1n) is 9.86. The number of aliphatic hydroxyl groups is 1. The van der Waals surface area contributed by atoms with Crippen LogP contribution in [0, 0.1) is 11.7 Å². The van der Waals surface area contributed by atoms with Gasteiger partial charge in [0.05, 0.1) is 19.1 Å². The van der Waals surface area contributed by atoms with Crippen LogP contribution in [0.4, 0.5) is 4.39 Å². The van der Waals surface area contributed by atoms with Crippen LogP contribution in [0.1, 0.15) is 43.7 Å². The lowest BCUT2D eigenvalue weighted by molar-refractivity contribution is -0.149. The third kappa shape index (κ3) is 7.69. The van der Waals surface area contributed by atoms with Crippen molar-refractivity contribution in [1.82, 2.24) is 0 Å². The first-order chi connectivity index (χ1) is 13.6. The second-order valence-electron chi connectivity index (χ2n) is 6.79. The summed E-state index contributed by atoms with van der Waals surface area (Å²) in [6.07, 6.45) is 4.53. The van der Waals surface area contributed by atoms with Gasteiger partial charge in [-0.2, -0.15) is 0 Å². The molecule has 2 aromatic carbocycles. The molecule has 0 bridgehead atoms. The van der Waals surface area contributed by atoms with Crippen molar-refractivity contribution >= 4 is 5.97 Å². The Morgan fingerprint density at radius 1 is 1.00 bits per heavy atom. The Balaban J connectivity index is 1.65. The molecule has 1 N–H and O–H groups in total. The van der Waals surface area contributed by atoms with Gasteiger partial charge in [0.15, 0.2) is 0 Å². The summed E-state index contributed by atoms with van der Waals surface area (Å²) in [6.45, 7) is 2.37. The lowest BCUT2D eigenvalue weighted by Crippen LogP contribution is -2.21. The van der Waals surface area contributed by atoms with E-state index in [1.807, 2.05) is 12.1 Å². The summed E-state index contributed by atoms with van der Waals surface area (Å²) in [6, 6.07) is 14.3. The molecule has 0 aromatic heterocycles. The molecule has 0 heterocycles. The molecule has 0 aliphatic carbocycles. The van der Waals surface area contributed by atoms with Gasteiger partial charge in [-0.15, -0.1) is 0 Å². The normalized spacial score (nSPS) is 11.8. The second-order valence-corrected chi connectivity index (χ2v) is 6.79. The highest BCUT2D eigenvalue weighted by Gasteiger charge is 2.17. The molecule has 0 aliphatic rings. The fourth-order valence-electron chi connectivity index (χ4n) is 2.94. The molecule has 0 amide bonds. The SMILES string of the molecule is CCOC(=O)C(CO)CCCCCc1ccc(OCc2ccc(F)cc2)cc1. The lowest BCUT2D eigenvalue weighted by Gasteiger charge is -2.12. The fraction of sp³-hybridized carbons (Fsp3) is 0.435. The van der Waals surface area contributed by atoms with Crippen molar-refractivity contribution in [3.05, 3.63) is 65.5 Å². The predicted octanol–water partition coefficient (Wildman–Crippen LogP) is 4.68. The molecule has 0 aliphatic heterocycles. The first-order valence-corrected chi connectivity index (χ1v) is 9.86. The maximum absolute atomic E-state index is 12.9. The summed E-state index contributed by atoms with van der Waals surface area (Å²) in [5.41, 5.74) is 2.16. The van der Waals surface area contributed by atoms with Crippen LogP contribution < -0.4 is 4.74 Å². The largest absolute Gasteiger partial charge is 0.489 e. The van der Waals surface area contributed by atoms with E-state index in [1.54, 1.807) is 19.1 Å². The molecule has 0 saturated carbocycles. The fourth-order valence-corrected chi connectivity index (χ4v) is 2.94. The monoisotopic (exact) mass is 388 g/mol. The number of aryl methyl sites for hydroxylation is 1. The number of rotatable bonds is 12. The van der Waals surface area contributed by atoms with Gasteiger partial charge in [-0.1, -0.05) is 37.1 Å². The number of aliphatic hydroxyl groups excluding tert-OH is 1. The van der Waals surface area contributed by atoms with Gasteiger partial charge in [0.2, 0.25) is 0 Å². The van der Waals surface area contributed by atoms with E-state index in [2.05, 4.69) is 12.1 Å². The predicted molar refractivity (Wildman–Crippen MR) is 107 cm³/mol. The number of carbonyl (C=O) groups excluding carboxylic acids is 1. The third-order valence-corrected chi connectivity index (χ3v) is 4.60. The van der Waals surface area contributed by atoms with E-state index in [9.17, 15) is 14.3 Å². The summed E-state index contributed by atoms with van der Waals surface area (Å²) in [5.74, 6) is -0.173. The van der Waals surface area contributed by atoms with Crippen LogP contribution in [-0.2, 0) is 22.6 Å². The number of benzene rings is 2. The van der Waals surface area contributed by atoms with Crippen LogP contribution in [0.15, 0.2) is 48.5 Å². The molecular weight excluding hydrogens is 359 g/mol. The number of esters is 1. The highest BCUT2D eigenvalue weighted by atomic mass is 19.1. The molecule has 2 aromatic rings. The zero-order valence-electron chi connectivity index (χ0n) is 16.4. The van der Waals surface area contributed by atoms with Gasteiger partial charge in [-0.25, -0.2) is 4.39 Å². The van der Waals surface area contributed by atoms with E-state index in [4.69, 9.17) is 9.47 Å². The van der Waals surface area contributed by atoms with Crippen LogP contribution >= 0.6 is 0 Å². The average molecular weight is 388 g/mol. The number of hydrogen-bond donors (Lipinski definition) is 1. The molecule has 0 spiro atoms. The molecule has 0 radical (unpaired) electrons. The van der Waals surface area contributed by atoms with E-state index in [0.717, 1.165) is 37.0 Å². The molecule has 2 rings (SSSR count). The Bertz CT molecular complexity index is 698. The van der Waals surface area contributed by atoms with E-state index >= 15 is 0 Å². The number of unbranched alkanes of at least 4 members (excludes halogenated alkanes) is 2. The van der Waals surface area contributed by atoms with Crippen molar-refractivity contribution < 1.29 is 23.8 Å². The van der Waals surface area contributed by atoms with Crippen molar-refractivity contribution in [3.63, 3.8) is 0 Å². The highest BCUT2D eigenvalue weighted by Crippen LogP contribution is 2.17. The Morgan fingerprint density at radius 2 is 1.68 bits per heavy atom. The number of halogens is 1. The van der Waals surface area contributed by atoms with E-state index in [1.165, 1.54) is 17.7 Å². The van der Waals surface area contributed by atoms with Crippen molar-refractivity contribution in [2.75, 3.05) is 13.2 Å². The van der Waals surface area contributed by atoms with Crippen LogP contribution in [0.3, 0.4) is 0 Å². The molecule has 152 valence electrons. The van der Waals surface area contributed by atoms with E-state index in [-0.39, 0.29) is 18.4 Å². The van der Waals surface area contributed by atoms with Gasteiger partial charge in [-0.05, 0) is 61.6 Å². The number of carbonyl (C=O) groups is 1. The lowest BCUT2D eigenvalue weighted by atomic mass is 10.0. The number of hydrogen-bond acceptors (Lipinski definition) is 4. The van der Waals surface area contributed by atoms with Gasteiger partial charge >= 0.3 is 5.97 Å². The first kappa shape index (κ1) is 21.9. The minimum absolute atomic E-state index is 0.155. The van der Waals surface area contributed by atoms with Gasteiger partial charge in [-0.3, -0.25) is 4.79 Å². The summed E-state index contributed by atoms with van der Waals surface area (Å²) >= 11 is 0. The molecular formula is C23H29FO4. The minimum Gasteiger partial charge on any atom is -0.489 e. The molecule has 28 heavy (non-hydrogen) atoms. The van der Waals surface area contributed by atoms with Crippen molar-refractivity contribution in [2.45, 2.75) is 45.6 Å². The Hall–Kier alpha value is -2.40. The van der Waals surface area contributed by atoms with Crippen LogP contribution in [0.5, 0.6) is 5.75 Å². The van der Waals surface area contributed by atoms with Crippen molar-refractivity contribution in [1.29, 1.82) is 0 Å². The molecule has 4 nitrogen and oxygen atoms in total. The van der Waals surface area contributed by atoms with Gasteiger partial charge in [0.1, 0.15) is 18.2 Å². The topological polar surface area (TPSA) is 55.8 Å². The van der Waals surface area contributed by atoms with Crippen LogP contribution in [0.2, 0.25) is 0 Å². The van der Waals surface area contributed by atoms with E-state index < -0.39 is 5.92 Å². The number of ether oxygens (including phenoxy) is 2. The Labute approximate surface area is 166 Å². The minimum atomic E-state index is -0.405. The van der Waals surface area contributed by atoms with Gasteiger partial charge in [0.25, 0.3) is 0 Å². The van der Waals surface area contributed by atoms with Crippen LogP contribution in [-0.4, -0.2) is 24.3 Å². The van der Waals surface area contributed by atoms with Gasteiger partial charge < -0.3 is 14.6 Å². The summed E-state index contributed by atoms with van der Waals surface area (Å²) < 4.78 is 23.6. The molecule has 1 unspecified atom stereocenters.